The van der Waals surface area contributed by atoms with E-state index in [4.69, 9.17) is 4.42 Å². The fraction of sp³-hybridized carbons (Fsp3) is 0.556. The summed E-state index contributed by atoms with van der Waals surface area (Å²) in [6.07, 6.45) is 4.83. The average Bonchev–Trinajstić information content (AvgIpc) is 2.57. The molecular weight excluding hydrogens is 170 g/mol. The maximum Gasteiger partial charge on any atom is 0.105 e. The van der Waals surface area contributed by atoms with Crippen molar-refractivity contribution in [3.8, 4) is 0 Å². The SMILES string of the molecule is CSCCNCCc1ccco1. The highest BCUT2D eigenvalue weighted by Gasteiger charge is 1.93. The molecule has 0 atom stereocenters. The lowest BCUT2D eigenvalue weighted by Crippen LogP contribution is -2.19. The first-order chi connectivity index (χ1) is 5.93. The van der Waals surface area contributed by atoms with Crippen molar-refractivity contribution < 1.29 is 4.42 Å². The Balaban J connectivity index is 1.96. The smallest absolute Gasteiger partial charge is 0.105 e. The van der Waals surface area contributed by atoms with Gasteiger partial charge in [0.2, 0.25) is 0 Å². The highest BCUT2D eigenvalue weighted by Crippen LogP contribution is 1.99. The van der Waals surface area contributed by atoms with Crippen LogP contribution in [0.1, 0.15) is 5.76 Å². The maximum atomic E-state index is 5.19. The van der Waals surface area contributed by atoms with Crippen LogP contribution in [0.15, 0.2) is 22.8 Å². The van der Waals surface area contributed by atoms with Crippen molar-refractivity contribution in [2.45, 2.75) is 6.42 Å². The normalized spacial score (nSPS) is 10.4. The van der Waals surface area contributed by atoms with Crippen molar-refractivity contribution in [1.29, 1.82) is 0 Å². The quantitative estimate of drug-likeness (QED) is 0.684. The van der Waals surface area contributed by atoms with Crippen LogP contribution in [-0.2, 0) is 6.42 Å². The standard InChI is InChI=1S/C9H15NOS/c1-12-8-6-10-5-4-9-3-2-7-11-9/h2-3,7,10H,4-6,8H2,1H3. The van der Waals surface area contributed by atoms with Crippen LogP contribution in [0.3, 0.4) is 0 Å². The molecule has 0 saturated carbocycles. The van der Waals surface area contributed by atoms with Crippen LogP contribution in [0.5, 0.6) is 0 Å². The van der Waals surface area contributed by atoms with Crippen LogP contribution in [0.4, 0.5) is 0 Å². The zero-order chi connectivity index (χ0) is 8.65. The second-order valence-electron chi connectivity index (χ2n) is 2.57. The molecule has 0 aliphatic carbocycles. The van der Waals surface area contributed by atoms with Gasteiger partial charge in [-0.05, 0) is 18.4 Å². The van der Waals surface area contributed by atoms with Gasteiger partial charge in [0.05, 0.1) is 6.26 Å². The second-order valence-corrected chi connectivity index (χ2v) is 3.56. The van der Waals surface area contributed by atoms with E-state index in [2.05, 4.69) is 11.6 Å². The van der Waals surface area contributed by atoms with Crippen LogP contribution in [0.2, 0.25) is 0 Å². The summed E-state index contributed by atoms with van der Waals surface area (Å²) in [7, 11) is 0. The predicted molar refractivity (Wildman–Crippen MR) is 53.7 cm³/mol. The summed E-state index contributed by atoms with van der Waals surface area (Å²) in [5, 5.41) is 3.34. The number of hydrogen-bond acceptors (Lipinski definition) is 3. The molecule has 0 spiro atoms. The Morgan fingerprint density at radius 1 is 1.50 bits per heavy atom. The molecule has 1 heterocycles. The Bertz CT molecular complexity index is 186. The van der Waals surface area contributed by atoms with E-state index < -0.39 is 0 Å². The Labute approximate surface area is 77.7 Å². The van der Waals surface area contributed by atoms with E-state index in [9.17, 15) is 0 Å². The Morgan fingerprint density at radius 2 is 2.42 bits per heavy atom. The Hall–Kier alpha value is -0.410. The monoisotopic (exact) mass is 185 g/mol. The van der Waals surface area contributed by atoms with E-state index in [1.54, 1.807) is 6.26 Å². The van der Waals surface area contributed by atoms with E-state index in [0.717, 1.165) is 25.3 Å². The first-order valence-electron chi connectivity index (χ1n) is 4.15. The molecule has 1 rings (SSSR count). The Morgan fingerprint density at radius 3 is 3.08 bits per heavy atom. The first kappa shape index (κ1) is 9.68. The van der Waals surface area contributed by atoms with Crippen LogP contribution in [0.25, 0.3) is 0 Å². The molecule has 0 aliphatic heterocycles. The molecule has 1 aromatic rings. The molecule has 0 fully saturated rings. The number of nitrogens with one attached hydrogen (secondary N) is 1. The van der Waals surface area contributed by atoms with Gasteiger partial charge in [0.15, 0.2) is 0 Å². The fourth-order valence-corrected chi connectivity index (χ4v) is 1.31. The van der Waals surface area contributed by atoms with Gasteiger partial charge in [0, 0.05) is 25.3 Å². The molecule has 1 aromatic heterocycles. The summed E-state index contributed by atoms with van der Waals surface area (Å²) in [4.78, 5) is 0. The molecule has 0 amide bonds. The molecule has 0 aromatic carbocycles. The fourth-order valence-electron chi connectivity index (χ4n) is 0.966. The summed E-state index contributed by atoms with van der Waals surface area (Å²) >= 11 is 1.86. The van der Waals surface area contributed by atoms with Crippen molar-refractivity contribution in [3.63, 3.8) is 0 Å². The summed E-state index contributed by atoms with van der Waals surface area (Å²) in [6.45, 7) is 2.09. The summed E-state index contributed by atoms with van der Waals surface area (Å²) in [5.41, 5.74) is 0. The molecule has 3 heteroatoms. The van der Waals surface area contributed by atoms with E-state index in [1.165, 1.54) is 5.75 Å². The van der Waals surface area contributed by atoms with Crippen molar-refractivity contribution in [2.75, 3.05) is 25.1 Å². The third kappa shape index (κ3) is 3.83. The van der Waals surface area contributed by atoms with Crippen molar-refractivity contribution in [2.24, 2.45) is 0 Å². The van der Waals surface area contributed by atoms with Crippen molar-refractivity contribution in [1.82, 2.24) is 5.32 Å². The van der Waals surface area contributed by atoms with Gasteiger partial charge in [0.1, 0.15) is 5.76 Å². The topological polar surface area (TPSA) is 25.2 Å². The van der Waals surface area contributed by atoms with Gasteiger partial charge in [-0.3, -0.25) is 0 Å². The van der Waals surface area contributed by atoms with E-state index in [-0.39, 0.29) is 0 Å². The predicted octanol–water partition coefficient (Wildman–Crippen LogP) is 1.77. The number of hydrogen-bond donors (Lipinski definition) is 1. The summed E-state index contributed by atoms with van der Waals surface area (Å²) in [6, 6.07) is 3.94. The largest absolute Gasteiger partial charge is 0.469 e. The molecule has 2 nitrogen and oxygen atoms in total. The van der Waals surface area contributed by atoms with Gasteiger partial charge in [-0.25, -0.2) is 0 Å². The Kier molecular flexibility index (Phi) is 4.95. The zero-order valence-electron chi connectivity index (χ0n) is 7.38. The highest BCUT2D eigenvalue weighted by molar-refractivity contribution is 7.98. The molecule has 0 bridgehead atoms. The van der Waals surface area contributed by atoms with Gasteiger partial charge in [0.25, 0.3) is 0 Å². The third-order valence-electron chi connectivity index (χ3n) is 1.61. The zero-order valence-corrected chi connectivity index (χ0v) is 8.19. The molecule has 1 N–H and O–H groups in total. The summed E-state index contributed by atoms with van der Waals surface area (Å²) in [5.74, 6) is 2.24. The molecule has 0 saturated heterocycles. The van der Waals surface area contributed by atoms with Crippen LogP contribution >= 0.6 is 11.8 Å². The molecule has 0 aliphatic rings. The molecular formula is C9H15NOS. The van der Waals surface area contributed by atoms with Crippen molar-refractivity contribution in [3.05, 3.63) is 24.2 Å². The summed E-state index contributed by atoms with van der Waals surface area (Å²) < 4.78 is 5.19. The molecule has 0 radical (unpaired) electrons. The van der Waals surface area contributed by atoms with Crippen LogP contribution < -0.4 is 5.32 Å². The van der Waals surface area contributed by atoms with Crippen LogP contribution in [-0.4, -0.2) is 25.1 Å². The molecule has 12 heavy (non-hydrogen) atoms. The van der Waals surface area contributed by atoms with Gasteiger partial charge in [-0.2, -0.15) is 11.8 Å². The number of furan rings is 1. The average molecular weight is 185 g/mol. The van der Waals surface area contributed by atoms with Gasteiger partial charge >= 0.3 is 0 Å². The van der Waals surface area contributed by atoms with Gasteiger partial charge < -0.3 is 9.73 Å². The van der Waals surface area contributed by atoms with Gasteiger partial charge in [-0.15, -0.1) is 0 Å². The van der Waals surface area contributed by atoms with Crippen molar-refractivity contribution >= 4 is 11.8 Å². The van der Waals surface area contributed by atoms with Gasteiger partial charge in [-0.1, -0.05) is 0 Å². The molecule has 68 valence electrons. The van der Waals surface area contributed by atoms with E-state index in [1.807, 2.05) is 23.9 Å². The second kappa shape index (κ2) is 6.14. The lowest BCUT2D eigenvalue weighted by molar-refractivity contribution is 0.501. The number of rotatable bonds is 6. The lowest BCUT2D eigenvalue weighted by atomic mass is 10.3. The third-order valence-corrected chi connectivity index (χ3v) is 2.22. The minimum Gasteiger partial charge on any atom is -0.469 e. The minimum atomic E-state index is 0.987. The highest BCUT2D eigenvalue weighted by atomic mass is 32.2. The lowest BCUT2D eigenvalue weighted by Gasteiger charge is -2.00. The maximum absolute atomic E-state index is 5.19. The molecule has 0 unspecified atom stereocenters. The minimum absolute atomic E-state index is 0.987. The van der Waals surface area contributed by atoms with E-state index >= 15 is 0 Å². The van der Waals surface area contributed by atoms with E-state index in [0.29, 0.717) is 0 Å². The van der Waals surface area contributed by atoms with Crippen LogP contribution in [0, 0.1) is 0 Å². The first-order valence-corrected chi connectivity index (χ1v) is 5.55. The number of thioether (sulfide) groups is 1.